The Balaban J connectivity index is 1.57. The summed E-state index contributed by atoms with van der Waals surface area (Å²) in [5.41, 5.74) is 4.04. The van der Waals surface area contributed by atoms with Crippen molar-refractivity contribution in [1.82, 2.24) is 0 Å². The summed E-state index contributed by atoms with van der Waals surface area (Å²) in [5, 5.41) is 8.37. The molecule has 3 rings (SSSR count). The minimum Gasteiger partial charge on any atom is -0.326 e. The van der Waals surface area contributed by atoms with Gasteiger partial charge in [-0.05, 0) is 42.8 Å². The summed E-state index contributed by atoms with van der Waals surface area (Å²) in [6.07, 6.45) is 0.298. The third-order valence-corrected chi connectivity index (χ3v) is 3.92. The predicted octanol–water partition coefficient (Wildman–Crippen LogP) is 4.82. The summed E-state index contributed by atoms with van der Waals surface area (Å²) in [6, 6.07) is 23.8. The molecule has 0 radical (unpaired) electrons. The molecule has 0 aromatic heterocycles. The van der Waals surface area contributed by atoms with E-state index in [1.807, 2.05) is 49.4 Å². The van der Waals surface area contributed by atoms with Gasteiger partial charge in [0.05, 0.1) is 6.42 Å². The molecule has 0 unspecified atom stereocenters. The van der Waals surface area contributed by atoms with Crippen molar-refractivity contribution >= 4 is 29.0 Å². The monoisotopic (exact) mass is 359 g/mol. The largest absolute Gasteiger partial charge is 0.326 e. The Morgan fingerprint density at radius 1 is 0.704 bits per heavy atom. The van der Waals surface area contributed by atoms with Crippen molar-refractivity contribution < 1.29 is 9.59 Å². The number of aryl methyl sites for hydroxylation is 1. The second-order valence-corrected chi connectivity index (χ2v) is 6.24. The number of para-hydroxylation sites is 1. The van der Waals surface area contributed by atoms with Crippen LogP contribution in [0.15, 0.2) is 78.9 Å². The van der Waals surface area contributed by atoms with Crippen molar-refractivity contribution in [2.45, 2.75) is 13.3 Å². The Morgan fingerprint density at radius 2 is 1.30 bits per heavy atom. The van der Waals surface area contributed by atoms with Crippen molar-refractivity contribution in [1.29, 1.82) is 0 Å². The Bertz CT molecular complexity index is 922. The summed E-state index contributed by atoms with van der Waals surface area (Å²) < 4.78 is 0. The van der Waals surface area contributed by atoms with Gasteiger partial charge in [0.2, 0.25) is 5.91 Å². The van der Waals surface area contributed by atoms with E-state index in [1.54, 1.807) is 36.4 Å². The molecule has 0 atom stereocenters. The Morgan fingerprint density at radius 3 is 2.00 bits per heavy atom. The fourth-order valence-corrected chi connectivity index (χ4v) is 2.59. The van der Waals surface area contributed by atoms with E-state index < -0.39 is 0 Å². The highest BCUT2D eigenvalue weighted by atomic mass is 16.2. The highest BCUT2D eigenvalue weighted by Crippen LogP contribution is 2.16. The van der Waals surface area contributed by atoms with Crippen LogP contribution in [0.25, 0.3) is 0 Å². The molecule has 0 spiro atoms. The minimum atomic E-state index is -0.343. The summed E-state index contributed by atoms with van der Waals surface area (Å²) in [4.78, 5) is 24.3. The number of urea groups is 1. The van der Waals surface area contributed by atoms with Crippen LogP contribution < -0.4 is 16.0 Å². The number of carbonyl (C=O) groups excluding carboxylic acids is 2. The molecule has 0 bridgehead atoms. The predicted molar refractivity (Wildman–Crippen MR) is 109 cm³/mol. The van der Waals surface area contributed by atoms with Crippen LogP contribution in [0.2, 0.25) is 0 Å². The molecule has 3 amide bonds. The lowest BCUT2D eigenvalue weighted by atomic mass is 10.1. The average Bonchev–Trinajstić information content (AvgIpc) is 2.64. The first-order valence-corrected chi connectivity index (χ1v) is 8.67. The van der Waals surface area contributed by atoms with E-state index in [2.05, 4.69) is 16.0 Å². The number of nitrogens with one attached hydrogen (secondary N) is 3. The zero-order valence-electron chi connectivity index (χ0n) is 15.0. The highest BCUT2D eigenvalue weighted by molar-refractivity contribution is 6.00. The van der Waals surface area contributed by atoms with Crippen LogP contribution in [0, 0.1) is 6.92 Å². The highest BCUT2D eigenvalue weighted by Gasteiger charge is 2.06. The molecular formula is C22H21N3O2. The van der Waals surface area contributed by atoms with Crippen LogP contribution in [0.1, 0.15) is 11.1 Å². The zero-order valence-corrected chi connectivity index (χ0v) is 15.0. The van der Waals surface area contributed by atoms with Gasteiger partial charge in [-0.2, -0.15) is 0 Å². The van der Waals surface area contributed by atoms with Crippen LogP contribution in [-0.2, 0) is 11.2 Å². The standard InChI is InChI=1S/C22H21N3O2/c1-16-10-12-17(13-11-16)14-21(26)23-19-8-5-9-20(15-19)25-22(27)24-18-6-3-2-4-7-18/h2-13,15H,14H2,1H3,(H,23,26)(H2,24,25,27). The third kappa shape index (κ3) is 5.71. The van der Waals surface area contributed by atoms with Gasteiger partial charge in [0, 0.05) is 17.1 Å². The van der Waals surface area contributed by atoms with Crippen LogP contribution in [0.4, 0.5) is 21.9 Å². The molecule has 3 aromatic carbocycles. The Labute approximate surface area is 158 Å². The second kappa shape index (κ2) is 8.67. The van der Waals surface area contributed by atoms with Crippen LogP contribution in [0.5, 0.6) is 0 Å². The maximum Gasteiger partial charge on any atom is 0.323 e. The molecule has 3 N–H and O–H groups in total. The molecule has 3 aromatic rings. The van der Waals surface area contributed by atoms with E-state index in [4.69, 9.17) is 0 Å². The average molecular weight is 359 g/mol. The molecule has 0 saturated carbocycles. The van der Waals surface area contributed by atoms with E-state index >= 15 is 0 Å². The van der Waals surface area contributed by atoms with Gasteiger partial charge in [-0.3, -0.25) is 4.79 Å². The fourth-order valence-electron chi connectivity index (χ4n) is 2.59. The molecule has 0 aliphatic heterocycles. The Hall–Kier alpha value is -3.60. The SMILES string of the molecule is Cc1ccc(CC(=O)Nc2cccc(NC(=O)Nc3ccccc3)c2)cc1. The van der Waals surface area contributed by atoms with Crippen molar-refractivity contribution in [3.63, 3.8) is 0 Å². The van der Waals surface area contributed by atoms with Gasteiger partial charge in [0.15, 0.2) is 0 Å². The topological polar surface area (TPSA) is 70.2 Å². The lowest BCUT2D eigenvalue weighted by Crippen LogP contribution is -2.19. The second-order valence-electron chi connectivity index (χ2n) is 6.24. The molecule has 5 heteroatoms. The number of hydrogen-bond acceptors (Lipinski definition) is 2. The summed E-state index contributed by atoms with van der Waals surface area (Å²) in [7, 11) is 0. The van der Waals surface area contributed by atoms with E-state index in [0.717, 1.165) is 11.1 Å². The quantitative estimate of drug-likeness (QED) is 0.611. The number of rotatable bonds is 5. The van der Waals surface area contributed by atoms with E-state index in [0.29, 0.717) is 23.5 Å². The molecule has 0 saturated heterocycles. The number of anilines is 3. The van der Waals surface area contributed by atoms with E-state index in [9.17, 15) is 9.59 Å². The van der Waals surface area contributed by atoms with Gasteiger partial charge >= 0.3 is 6.03 Å². The van der Waals surface area contributed by atoms with Crippen molar-refractivity contribution in [3.8, 4) is 0 Å². The van der Waals surface area contributed by atoms with Crippen LogP contribution in [-0.4, -0.2) is 11.9 Å². The first kappa shape index (κ1) is 18.2. The van der Waals surface area contributed by atoms with Gasteiger partial charge in [-0.1, -0.05) is 54.1 Å². The molecular weight excluding hydrogens is 338 g/mol. The smallest absolute Gasteiger partial charge is 0.323 e. The molecule has 0 aliphatic rings. The molecule has 27 heavy (non-hydrogen) atoms. The van der Waals surface area contributed by atoms with Gasteiger partial charge in [0.1, 0.15) is 0 Å². The summed E-state index contributed by atoms with van der Waals surface area (Å²) in [5.74, 6) is -0.107. The zero-order chi connectivity index (χ0) is 19.1. The normalized spacial score (nSPS) is 10.1. The van der Waals surface area contributed by atoms with Gasteiger partial charge in [-0.15, -0.1) is 0 Å². The van der Waals surface area contributed by atoms with E-state index in [-0.39, 0.29) is 11.9 Å². The van der Waals surface area contributed by atoms with Crippen LogP contribution in [0.3, 0.4) is 0 Å². The first-order valence-electron chi connectivity index (χ1n) is 8.67. The Kier molecular flexibility index (Phi) is 5.84. The van der Waals surface area contributed by atoms with Crippen molar-refractivity contribution in [2.24, 2.45) is 0 Å². The maximum absolute atomic E-state index is 12.2. The lowest BCUT2D eigenvalue weighted by Gasteiger charge is -2.10. The van der Waals surface area contributed by atoms with Gasteiger partial charge < -0.3 is 16.0 Å². The number of hydrogen-bond donors (Lipinski definition) is 3. The van der Waals surface area contributed by atoms with E-state index in [1.165, 1.54) is 0 Å². The maximum atomic E-state index is 12.2. The first-order chi connectivity index (χ1) is 13.1. The molecule has 136 valence electrons. The van der Waals surface area contributed by atoms with Crippen molar-refractivity contribution in [2.75, 3.05) is 16.0 Å². The number of carbonyl (C=O) groups is 2. The molecule has 5 nitrogen and oxygen atoms in total. The summed E-state index contributed by atoms with van der Waals surface area (Å²) in [6.45, 7) is 2.01. The third-order valence-electron chi connectivity index (χ3n) is 3.92. The molecule has 0 aliphatic carbocycles. The molecule has 0 heterocycles. The molecule has 0 fully saturated rings. The lowest BCUT2D eigenvalue weighted by molar-refractivity contribution is -0.115. The van der Waals surface area contributed by atoms with Crippen molar-refractivity contribution in [3.05, 3.63) is 90.0 Å². The minimum absolute atomic E-state index is 0.107. The van der Waals surface area contributed by atoms with Gasteiger partial charge in [-0.25, -0.2) is 4.79 Å². The summed E-state index contributed by atoms with van der Waals surface area (Å²) >= 11 is 0. The fraction of sp³-hybridized carbons (Fsp3) is 0.0909. The van der Waals surface area contributed by atoms with Gasteiger partial charge in [0.25, 0.3) is 0 Å². The number of amides is 3. The van der Waals surface area contributed by atoms with Crippen LogP contribution >= 0.6 is 0 Å². The number of benzene rings is 3.